The van der Waals surface area contributed by atoms with Crippen molar-refractivity contribution >= 4 is 45.6 Å². The predicted molar refractivity (Wildman–Crippen MR) is 125 cm³/mol. The average molecular weight is 526 g/mol. The summed E-state index contributed by atoms with van der Waals surface area (Å²) in [6.07, 6.45) is -4.32. The van der Waals surface area contributed by atoms with Crippen LogP contribution in [0.5, 0.6) is 0 Å². The predicted octanol–water partition coefficient (Wildman–Crippen LogP) is 6.51. The molecule has 0 unspecified atom stereocenters. The Morgan fingerprint density at radius 2 is 1.82 bits per heavy atom. The van der Waals surface area contributed by atoms with Gasteiger partial charge in [-0.1, -0.05) is 28.4 Å². The quantitative estimate of drug-likeness (QED) is 0.322. The van der Waals surface area contributed by atoms with Crippen molar-refractivity contribution in [3.8, 4) is 5.69 Å². The lowest BCUT2D eigenvalue weighted by atomic mass is 10.1. The monoisotopic (exact) mass is 525 g/mol. The van der Waals surface area contributed by atoms with Crippen LogP contribution in [0.15, 0.2) is 42.5 Å². The molecule has 0 spiro atoms. The van der Waals surface area contributed by atoms with E-state index in [9.17, 15) is 18.0 Å². The number of carbonyl (C=O) groups is 1. The summed E-state index contributed by atoms with van der Waals surface area (Å²) in [6.45, 7) is 3.42. The van der Waals surface area contributed by atoms with Crippen LogP contribution in [-0.4, -0.2) is 25.9 Å². The maximum Gasteiger partial charge on any atom is 0.416 e. The van der Waals surface area contributed by atoms with Crippen molar-refractivity contribution in [2.75, 3.05) is 5.32 Å². The minimum atomic E-state index is -4.47. The molecular formula is C22H16Cl2F3N5OS. The molecule has 0 saturated carbocycles. The molecule has 0 bridgehead atoms. The number of amides is 1. The normalized spacial score (nSPS) is 11.6. The number of aromatic nitrogens is 4. The highest BCUT2D eigenvalue weighted by molar-refractivity contribution is 7.15. The first-order valence-electron chi connectivity index (χ1n) is 9.84. The molecule has 4 rings (SSSR count). The maximum absolute atomic E-state index is 13.1. The van der Waals surface area contributed by atoms with Crippen molar-refractivity contribution in [3.05, 3.63) is 85.6 Å². The number of hydrogen-bond donors (Lipinski definition) is 1. The Bertz CT molecular complexity index is 1370. The molecule has 6 nitrogen and oxygen atoms in total. The first kappa shape index (κ1) is 24.2. The molecule has 0 fully saturated rings. The van der Waals surface area contributed by atoms with E-state index in [0.717, 1.165) is 23.5 Å². The highest BCUT2D eigenvalue weighted by atomic mass is 35.5. The summed E-state index contributed by atoms with van der Waals surface area (Å²) in [7, 11) is 0. The van der Waals surface area contributed by atoms with Gasteiger partial charge in [-0.15, -0.1) is 16.4 Å². The molecule has 0 radical (unpaired) electrons. The van der Waals surface area contributed by atoms with Crippen molar-refractivity contribution in [1.82, 2.24) is 20.0 Å². The number of carbonyl (C=O) groups excluding carboxylic acids is 1. The summed E-state index contributed by atoms with van der Waals surface area (Å²) in [5, 5.41) is 11.8. The summed E-state index contributed by atoms with van der Waals surface area (Å²) in [5.41, 5.74) is 1.45. The van der Waals surface area contributed by atoms with Crippen LogP contribution in [0.3, 0.4) is 0 Å². The number of thiazole rings is 1. The first-order chi connectivity index (χ1) is 16.0. The Hall–Kier alpha value is -2.95. The molecular weight excluding hydrogens is 510 g/mol. The highest BCUT2D eigenvalue weighted by Crippen LogP contribution is 2.34. The van der Waals surface area contributed by atoms with Crippen molar-refractivity contribution < 1.29 is 18.0 Å². The van der Waals surface area contributed by atoms with Crippen molar-refractivity contribution in [3.63, 3.8) is 0 Å². The minimum Gasteiger partial charge on any atom is -0.296 e. The van der Waals surface area contributed by atoms with Gasteiger partial charge in [-0.2, -0.15) is 13.2 Å². The van der Waals surface area contributed by atoms with E-state index < -0.39 is 17.6 Å². The zero-order valence-electron chi connectivity index (χ0n) is 17.7. The van der Waals surface area contributed by atoms with Crippen LogP contribution in [0.2, 0.25) is 10.0 Å². The van der Waals surface area contributed by atoms with Gasteiger partial charge in [-0.25, -0.2) is 9.67 Å². The topological polar surface area (TPSA) is 72.7 Å². The Kier molecular flexibility index (Phi) is 6.66. The second kappa shape index (κ2) is 9.36. The van der Waals surface area contributed by atoms with Crippen LogP contribution in [0.1, 0.15) is 37.9 Å². The minimum absolute atomic E-state index is 0.116. The number of aryl methyl sites for hydroxylation is 1. The van der Waals surface area contributed by atoms with Crippen molar-refractivity contribution in [1.29, 1.82) is 0 Å². The maximum atomic E-state index is 13.1. The first-order valence-corrected chi connectivity index (χ1v) is 11.4. The SMILES string of the molecule is Cc1nc(NC(=O)c2nnn(-c3ccc(Cl)cc3)c2C)sc1Cc1cc(C(F)(F)F)ccc1Cl. The Balaban J connectivity index is 1.53. The van der Waals surface area contributed by atoms with Crippen LogP contribution in [0.25, 0.3) is 5.69 Å². The van der Waals surface area contributed by atoms with E-state index in [0.29, 0.717) is 37.7 Å². The number of benzene rings is 2. The highest BCUT2D eigenvalue weighted by Gasteiger charge is 2.31. The summed E-state index contributed by atoms with van der Waals surface area (Å²) in [4.78, 5) is 17.8. The average Bonchev–Trinajstić information content (AvgIpc) is 3.31. The second-order valence-corrected chi connectivity index (χ2v) is 9.30. The van der Waals surface area contributed by atoms with Crippen LogP contribution in [0, 0.1) is 13.8 Å². The van der Waals surface area contributed by atoms with E-state index in [2.05, 4.69) is 20.6 Å². The third kappa shape index (κ3) is 5.08. The van der Waals surface area contributed by atoms with E-state index in [1.165, 1.54) is 10.7 Å². The Morgan fingerprint density at radius 1 is 1.12 bits per heavy atom. The number of hydrogen-bond acceptors (Lipinski definition) is 5. The largest absolute Gasteiger partial charge is 0.416 e. The molecule has 1 amide bonds. The van der Waals surface area contributed by atoms with Gasteiger partial charge in [-0.05, 0) is 61.9 Å². The molecule has 0 atom stereocenters. The fraction of sp³-hybridized carbons (Fsp3) is 0.182. The molecule has 0 aliphatic carbocycles. The summed E-state index contributed by atoms with van der Waals surface area (Å²) < 4.78 is 40.7. The van der Waals surface area contributed by atoms with E-state index in [1.54, 1.807) is 38.1 Å². The molecule has 2 heterocycles. The molecule has 2 aromatic carbocycles. The zero-order chi connectivity index (χ0) is 24.6. The Labute approximate surface area is 206 Å². The lowest BCUT2D eigenvalue weighted by Crippen LogP contribution is -2.14. The number of nitrogens with zero attached hydrogens (tertiary/aromatic N) is 4. The van der Waals surface area contributed by atoms with Crippen LogP contribution < -0.4 is 5.32 Å². The Morgan fingerprint density at radius 3 is 2.50 bits per heavy atom. The smallest absolute Gasteiger partial charge is 0.296 e. The third-order valence-corrected chi connectivity index (χ3v) is 6.71. The molecule has 0 aliphatic rings. The summed E-state index contributed by atoms with van der Waals surface area (Å²) in [6, 6.07) is 10.1. The van der Waals surface area contributed by atoms with Gasteiger partial charge in [0.15, 0.2) is 10.8 Å². The second-order valence-electron chi connectivity index (χ2n) is 7.37. The van der Waals surface area contributed by atoms with Crippen molar-refractivity contribution in [2.45, 2.75) is 26.4 Å². The number of halogens is 5. The van der Waals surface area contributed by atoms with Gasteiger partial charge in [0.1, 0.15) is 0 Å². The van der Waals surface area contributed by atoms with Crippen LogP contribution >= 0.6 is 34.5 Å². The fourth-order valence-corrected chi connectivity index (χ4v) is 4.52. The molecule has 1 N–H and O–H groups in total. The molecule has 176 valence electrons. The van der Waals surface area contributed by atoms with Gasteiger partial charge in [0.25, 0.3) is 5.91 Å². The molecule has 34 heavy (non-hydrogen) atoms. The van der Waals surface area contributed by atoms with Gasteiger partial charge in [0.2, 0.25) is 0 Å². The standard InChI is InChI=1S/C22H16Cl2F3N5OS/c1-11-18(10-13-9-14(22(25,26)27)3-8-17(13)24)34-21(28-11)29-20(33)19-12(2)32(31-30-19)16-6-4-15(23)5-7-16/h3-9H,10H2,1-2H3,(H,28,29,33). The number of rotatable bonds is 5. The number of anilines is 1. The summed E-state index contributed by atoms with van der Waals surface area (Å²) in [5.74, 6) is -0.505. The van der Waals surface area contributed by atoms with Crippen molar-refractivity contribution in [2.24, 2.45) is 0 Å². The lowest BCUT2D eigenvalue weighted by molar-refractivity contribution is -0.137. The van der Waals surface area contributed by atoms with Crippen LogP contribution in [0.4, 0.5) is 18.3 Å². The van der Waals surface area contributed by atoms with Gasteiger partial charge < -0.3 is 0 Å². The van der Waals surface area contributed by atoms with Gasteiger partial charge in [0, 0.05) is 21.3 Å². The fourth-order valence-electron chi connectivity index (χ4n) is 3.23. The molecule has 0 aliphatic heterocycles. The van der Waals surface area contributed by atoms with E-state index in [-0.39, 0.29) is 17.1 Å². The summed E-state index contributed by atoms with van der Waals surface area (Å²) >= 11 is 13.2. The van der Waals surface area contributed by atoms with E-state index in [1.807, 2.05) is 0 Å². The van der Waals surface area contributed by atoms with Gasteiger partial charge in [0.05, 0.1) is 22.6 Å². The number of alkyl halides is 3. The zero-order valence-corrected chi connectivity index (χ0v) is 20.1. The van der Waals surface area contributed by atoms with E-state index >= 15 is 0 Å². The van der Waals surface area contributed by atoms with Gasteiger partial charge >= 0.3 is 6.18 Å². The van der Waals surface area contributed by atoms with Crippen LogP contribution in [-0.2, 0) is 12.6 Å². The lowest BCUT2D eigenvalue weighted by Gasteiger charge is -2.10. The molecule has 2 aromatic heterocycles. The molecule has 0 saturated heterocycles. The molecule has 4 aromatic rings. The molecule has 12 heteroatoms. The third-order valence-electron chi connectivity index (χ3n) is 5.02. The van der Waals surface area contributed by atoms with E-state index in [4.69, 9.17) is 23.2 Å². The number of nitrogens with one attached hydrogen (secondary N) is 1. The van der Waals surface area contributed by atoms with Gasteiger partial charge in [-0.3, -0.25) is 10.1 Å².